The quantitative estimate of drug-likeness (QED) is 0.542. The Morgan fingerprint density at radius 2 is 1.44 bits per heavy atom. The number of hydrogen-bond acceptors (Lipinski definition) is 5. The van der Waals surface area contributed by atoms with Crippen molar-refractivity contribution in [3.05, 3.63) is 59.7 Å². The molecule has 0 aliphatic carbocycles. The van der Waals surface area contributed by atoms with Crippen LogP contribution >= 0.6 is 0 Å². The van der Waals surface area contributed by atoms with Gasteiger partial charge in [0.15, 0.2) is 12.4 Å². The summed E-state index contributed by atoms with van der Waals surface area (Å²) in [6, 6.07) is 13.9. The average molecular weight is 341 g/mol. The second-order valence-corrected chi connectivity index (χ2v) is 5.45. The molecule has 132 valence electrons. The Morgan fingerprint density at radius 1 is 0.880 bits per heavy atom. The van der Waals surface area contributed by atoms with E-state index in [4.69, 9.17) is 9.47 Å². The first kappa shape index (κ1) is 18.5. The van der Waals surface area contributed by atoms with E-state index in [1.165, 1.54) is 0 Å². The molecule has 0 bridgehead atoms. The number of carbonyl (C=O) groups excluding carboxylic acids is 2. The molecule has 0 aromatic heterocycles. The van der Waals surface area contributed by atoms with Gasteiger partial charge >= 0.3 is 5.97 Å². The van der Waals surface area contributed by atoms with Crippen LogP contribution in [-0.4, -0.2) is 38.6 Å². The van der Waals surface area contributed by atoms with Gasteiger partial charge in [0.1, 0.15) is 5.75 Å². The molecule has 0 aliphatic heterocycles. The van der Waals surface area contributed by atoms with Crippen molar-refractivity contribution >= 4 is 17.4 Å². The zero-order valence-electron chi connectivity index (χ0n) is 14.8. The molecule has 0 atom stereocenters. The predicted molar refractivity (Wildman–Crippen MR) is 97.6 cm³/mol. The monoisotopic (exact) mass is 341 g/mol. The fraction of sp³-hybridized carbons (Fsp3) is 0.300. The molecular formula is C20H23NO4. The van der Waals surface area contributed by atoms with Crippen molar-refractivity contribution in [2.45, 2.75) is 13.8 Å². The van der Waals surface area contributed by atoms with Crippen LogP contribution in [0.5, 0.6) is 5.75 Å². The second kappa shape index (κ2) is 8.87. The lowest BCUT2D eigenvalue weighted by atomic mass is 10.1. The van der Waals surface area contributed by atoms with E-state index in [9.17, 15) is 9.59 Å². The molecule has 0 heterocycles. The molecule has 25 heavy (non-hydrogen) atoms. The highest BCUT2D eigenvalue weighted by molar-refractivity contribution is 5.99. The summed E-state index contributed by atoms with van der Waals surface area (Å²) in [5.41, 5.74) is 1.96. The lowest BCUT2D eigenvalue weighted by Crippen LogP contribution is -2.21. The molecule has 5 nitrogen and oxygen atoms in total. The average Bonchev–Trinajstić information content (AvgIpc) is 2.67. The van der Waals surface area contributed by atoms with Gasteiger partial charge < -0.3 is 14.4 Å². The topological polar surface area (TPSA) is 55.8 Å². The van der Waals surface area contributed by atoms with E-state index in [1.54, 1.807) is 43.5 Å². The third kappa shape index (κ3) is 4.83. The molecule has 2 aromatic carbocycles. The summed E-state index contributed by atoms with van der Waals surface area (Å²) in [5, 5.41) is 0. The summed E-state index contributed by atoms with van der Waals surface area (Å²) in [6.07, 6.45) is 0. The Bertz CT molecular complexity index is 703. The zero-order chi connectivity index (χ0) is 18.2. The summed E-state index contributed by atoms with van der Waals surface area (Å²) in [7, 11) is 1.56. The fourth-order valence-corrected chi connectivity index (χ4v) is 2.47. The number of ketones is 1. The number of nitrogens with zero attached hydrogens (tertiary/aromatic N) is 1. The van der Waals surface area contributed by atoms with Crippen molar-refractivity contribution in [1.29, 1.82) is 0 Å². The van der Waals surface area contributed by atoms with Crippen LogP contribution in [0.4, 0.5) is 5.69 Å². The standard InChI is InChI=1S/C20H23NO4/c1-4-21(5-2)17-10-6-16(7-11-17)20(23)25-14-19(22)15-8-12-18(24-3)13-9-15/h6-13H,4-5,14H2,1-3H3. The van der Waals surface area contributed by atoms with Crippen LogP contribution in [0, 0.1) is 0 Å². The van der Waals surface area contributed by atoms with Gasteiger partial charge in [-0.3, -0.25) is 4.79 Å². The molecule has 0 amide bonds. The van der Waals surface area contributed by atoms with E-state index >= 15 is 0 Å². The molecule has 0 N–H and O–H groups in total. The fourth-order valence-electron chi connectivity index (χ4n) is 2.47. The van der Waals surface area contributed by atoms with E-state index in [0.717, 1.165) is 18.8 Å². The van der Waals surface area contributed by atoms with E-state index in [-0.39, 0.29) is 12.4 Å². The smallest absolute Gasteiger partial charge is 0.338 e. The Morgan fingerprint density at radius 3 is 1.96 bits per heavy atom. The van der Waals surface area contributed by atoms with Gasteiger partial charge in [0.25, 0.3) is 0 Å². The summed E-state index contributed by atoms with van der Waals surface area (Å²) in [4.78, 5) is 26.4. The molecule has 0 saturated carbocycles. The van der Waals surface area contributed by atoms with Gasteiger partial charge in [-0.05, 0) is 62.4 Å². The summed E-state index contributed by atoms with van der Waals surface area (Å²) >= 11 is 0. The molecule has 0 saturated heterocycles. The SMILES string of the molecule is CCN(CC)c1ccc(C(=O)OCC(=O)c2ccc(OC)cc2)cc1. The minimum absolute atomic E-state index is 0.254. The third-order valence-corrected chi connectivity index (χ3v) is 3.98. The number of carbonyl (C=O) groups is 2. The first-order valence-electron chi connectivity index (χ1n) is 8.28. The second-order valence-electron chi connectivity index (χ2n) is 5.45. The Labute approximate surface area is 148 Å². The highest BCUT2D eigenvalue weighted by Crippen LogP contribution is 2.16. The number of hydrogen-bond donors (Lipinski definition) is 0. The van der Waals surface area contributed by atoms with E-state index in [2.05, 4.69) is 18.7 Å². The summed E-state index contributed by atoms with van der Waals surface area (Å²) in [6.45, 7) is 5.67. The molecule has 0 unspecified atom stereocenters. The summed E-state index contributed by atoms with van der Waals surface area (Å²) < 4.78 is 10.2. The van der Waals surface area contributed by atoms with Crippen molar-refractivity contribution in [3.8, 4) is 5.75 Å². The molecular weight excluding hydrogens is 318 g/mol. The van der Waals surface area contributed by atoms with Gasteiger partial charge in [-0.1, -0.05) is 0 Å². The highest BCUT2D eigenvalue weighted by Gasteiger charge is 2.12. The molecule has 2 aromatic rings. The largest absolute Gasteiger partial charge is 0.497 e. The van der Waals surface area contributed by atoms with Gasteiger partial charge in [0.2, 0.25) is 0 Å². The van der Waals surface area contributed by atoms with Crippen LogP contribution in [0.2, 0.25) is 0 Å². The van der Waals surface area contributed by atoms with E-state index in [1.807, 2.05) is 12.1 Å². The summed E-state index contributed by atoms with van der Waals surface area (Å²) in [5.74, 6) is -0.0921. The number of methoxy groups -OCH3 is 1. The molecule has 0 fully saturated rings. The number of Topliss-reactive ketones (excluding diaryl/α,β-unsaturated/α-hetero) is 1. The molecule has 2 rings (SSSR count). The van der Waals surface area contributed by atoms with Gasteiger partial charge in [0, 0.05) is 24.3 Å². The van der Waals surface area contributed by atoms with Crippen molar-refractivity contribution < 1.29 is 19.1 Å². The van der Waals surface area contributed by atoms with Gasteiger partial charge in [-0.15, -0.1) is 0 Å². The Kier molecular flexibility index (Phi) is 6.57. The Hall–Kier alpha value is -2.82. The molecule has 5 heteroatoms. The highest BCUT2D eigenvalue weighted by atomic mass is 16.5. The number of ether oxygens (including phenoxy) is 2. The minimum atomic E-state index is -0.507. The lowest BCUT2D eigenvalue weighted by Gasteiger charge is -2.20. The third-order valence-electron chi connectivity index (χ3n) is 3.98. The number of benzene rings is 2. The predicted octanol–water partition coefficient (Wildman–Crippen LogP) is 3.58. The number of esters is 1. The van der Waals surface area contributed by atoms with Crippen molar-refractivity contribution in [3.63, 3.8) is 0 Å². The maximum Gasteiger partial charge on any atom is 0.338 e. The molecule has 0 spiro atoms. The maximum atomic E-state index is 12.1. The normalized spacial score (nSPS) is 10.2. The molecule has 0 aliphatic rings. The first-order chi connectivity index (χ1) is 12.1. The van der Waals surface area contributed by atoms with Crippen LogP contribution in [0.3, 0.4) is 0 Å². The van der Waals surface area contributed by atoms with E-state index in [0.29, 0.717) is 16.9 Å². The zero-order valence-corrected chi connectivity index (χ0v) is 14.8. The first-order valence-corrected chi connectivity index (χ1v) is 8.28. The maximum absolute atomic E-state index is 12.1. The van der Waals surface area contributed by atoms with Crippen LogP contribution in [-0.2, 0) is 4.74 Å². The van der Waals surface area contributed by atoms with Crippen molar-refractivity contribution in [2.24, 2.45) is 0 Å². The van der Waals surface area contributed by atoms with Crippen LogP contribution in [0.25, 0.3) is 0 Å². The lowest BCUT2D eigenvalue weighted by molar-refractivity contribution is 0.0475. The molecule has 0 radical (unpaired) electrons. The number of rotatable bonds is 8. The number of anilines is 1. The van der Waals surface area contributed by atoms with Gasteiger partial charge in [-0.25, -0.2) is 4.79 Å². The van der Waals surface area contributed by atoms with E-state index < -0.39 is 5.97 Å². The van der Waals surface area contributed by atoms with Crippen LogP contribution in [0.1, 0.15) is 34.6 Å². The Balaban J connectivity index is 1.93. The van der Waals surface area contributed by atoms with Crippen LogP contribution < -0.4 is 9.64 Å². The van der Waals surface area contributed by atoms with Gasteiger partial charge in [-0.2, -0.15) is 0 Å². The van der Waals surface area contributed by atoms with Gasteiger partial charge in [0.05, 0.1) is 12.7 Å². The minimum Gasteiger partial charge on any atom is -0.497 e. The van der Waals surface area contributed by atoms with Crippen molar-refractivity contribution in [2.75, 3.05) is 31.7 Å². The van der Waals surface area contributed by atoms with Crippen molar-refractivity contribution in [1.82, 2.24) is 0 Å². The van der Waals surface area contributed by atoms with Crippen LogP contribution in [0.15, 0.2) is 48.5 Å².